The van der Waals surface area contributed by atoms with Crippen molar-refractivity contribution >= 4 is 17.5 Å². The van der Waals surface area contributed by atoms with Crippen molar-refractivity contribution in [3.05, 3.63) is 76.0 Å². The van der Waals surface area contributed by atoms with Crippen molar-refractivity contribution in [2.75, 3.05) is 5.32 Å². The second-order valence-electron chi connectivity index (χ2n) is 10.4. The fraction of sp³-hybridized carbons (Fsp3) is 0.333. The van der Waals surface area contributed by atoms with Crippen LogP contribution in [0, 0.1) is 20.8 Å². The van der Waals surface area contributed by atoms with Crippen molar-refractivity contribution < 1.29 is 4.79 Å². The number of amides is 1. The summed E-state index contributed by atoms with van der Waals surface area (Å²) in [5, 5.41) is 11.3. The van der Waals surface area contributed by atoms with Gasteiger partial charge in [0.25, 0.3) is 5.91 Å². The SMILES string of the molecule is CCn1nc(-c2cc(C)c(-c3ccc(C4CC4)cn3)cc2C)nc1Nc1cc2c(cc1C)C(=O)NC2C. The van der Waals surface area contributed by atoms with Gasteiger partial charge in [-0.05, 0) is 112 Å². The minimum absolute atomic E-state index is 0.00760. The zero-order valence-corrected chi connectivity index (χ0v) is 22.0. The van der Waals surface area contributed by atoms with E-state index in [1.807, 2.05) is 36.9 Å². The third-order valence-corrected chi connectivity index (χ3v) is 7.60. The number of nitrogens with one attached hydrogen (secondary N) is 2. The van der Waals surface area contributed by atoms with Gasteiger partial charge in [0.15, 0.2) is 5.82 Å². The molecule has 0 radical (unpaired) electrons. The Bertz CT molecular complexity index is 1530. The molecule has 0 bridgehead atoms. The number of rotatable bonds is 6. The van der Waals surface area contributed by atoms with Crippen LogP contribution < -0.4 is 10.6 Å². The second-order valence-corrected chi connectivity index (χ2v) is 10.4. The summed E-state index contributed by atoms with van der Waals surface area (Å²) in [4.78, 5) is 21.9. The molecule has 1 aliphatic carbocycles. The van der Waals surface area contributed by atoms with Gasteiger partial charge in [0, 0.05) is 35.1 Å². The molecule has 1 atom stereocenters. The molecule has 2 aromatic heterocycles. The smallest absolute Gasteiger partial charge is 0.252 e. The van der Waals surface area contributed by atoms with Crippen molar-refractivity contribution in [3.63, 3.8) is 0 Å². The molecule has 2 N–H and O–H groups in total. The molecular weight excluding hydrogens is 460 g/mol. The number of hydrogen-bond donors (Lipinski definition) is 2. The molecule has 6 rings (SSSR count). The molecule has 7 nitrogen and oxygen atoms in total. The molecule has 4 aromatic rings. The normalized spacial score (nSPS) is 16.6. The Kier molecular flexibility index (Phi) is 5.59. The Balaban J connectivity index is 1.32. The third-order valence-electron chi connectivity index (χ3n) is 7.60. The van der Waals surface area contributed by atoms with Gasteiger partial charge in [0.05, 0.1) is 11.7 Å². The molecular formula is C30H32N6O. The van der Waals surface area contributed by atoms with E-state index in [1.165, 1.54) is 18.4 Å². The Labute approximate surface area is 217 Å². The highest BCUT2D eigenvalue weighted by molar-refractivity contribution is 6.00. The minimum atomic E-state index is -0.0143. The summed E-state index contributed by atoms with van der Waals surface area (Å²) in [7, 11) is 0. The van der Waals surface area contributed by atoms with E-state index in [2.05, 4.69) is 55.7 Å². The third kappa shape index (κ3) is 4.18. The van der Waals surface area contributed by atoms with Gasteiger partial charge in [0.2, 0.25) is 5.95 Å². The topological polar surface area (TPSA) is 84.7 Å². The summed E-state index contributed by atoms with van der Waals surface area (Å²) < 4.78 is 1.88. The first-order valence-corrected chi connectivity index (χ1v) is 13.1. The van der Waals surface area contributed by atoms with E-state index >= 15 is 0 Å². The molecule has 1 fully saturated rings. The Morgan fingerprint density at radius 2 is 1.73 bits per heavy atom. The van der Waals surface area contributed by atoms with Gasteiger partial charge < -0.3 is 10.6 Å². The first-order chi connectivity index (χ1) is 17.8. The molecule has 0 spiro atoms. The maximum Gasteiger partial charge on any atom is 0.252 e. The average molecular weight is 493 g/mol. The van der Waals surface area contributed by atoms with Gasteiger partial charge in [-0.2, -0.15) is 4.98 Å². The van der Waals surface area contributed by atoms with Crippen LogP contribution in [-0.4, -0.2) is 25.7 Å². The maximum absolute atomic E-state index is 12.2. The van der Waals surface area contributed by atoms with Gasteiger partial charge in [-0.25, -0.2) is 4.68 Å². The summed E-state index contributed by atoms with van der Waals surface area (Å²) in [6.45, 7) is 11.0. The van der Waals surface area contributed by atoms with E-state index in [0.717, 1.165) is 50.3 Å². The van der Waals surface area contributed by atoms with Gasteiger partial charge in [-0.15, -0.1) is 5.10 Å². The Hall–Kier alpha value is -4.00. The van der Waals surface area contributed by atoms with Gasteiger partial charge in [-0.3, -0.25) is 9.78 Å². The van der Waals surface area contributed by atoms with Crippen LogP contribution in [0.25, 0.3) is 22.6 Å². The number of fused-ring (bicyclic) bond motifs is 1. The summed E-state index contributed by atoms with van der Waals surface area (Å²) in [5.74, 6) is 2.07. The van der Waals surface area contributed by atoms with E-state index in [9.17, 15) is 4.79 Å². The van der Waals surface area contributed by atoms with Crippen molar-refractivity contribution in [1.29, 1.82) is 0 Å². The van der Waals surface area contributed by atoms with Crippen LogP contribution in [0.1, 0.15) is 76.8 Å². The molecule has 188 valence electrons. The van der Waals surface area contributed by atoms with Crippen LogP contribution in [-0.2, 0) is 6.54 Å². The molecule has 1 saturated carbocycles. The zero-order valence-electron chi connectivity index (χ0n) is 22.0. The number of anilines is 2. The van der Waals surface area contributed by atoms with Crippen LogP contribution in [0.2, 0.25) is 0 Å². The lowest BCUT2D eigenvalue weighted by molar-refractivity contribution is 0.0958. The van der Waals surface area contributed by atoms with E-state index < -0.39 is 0 Å². The first-order valence-electron chi connectivity index (χ1n) is 13.1. The lowest BCUT2D eigenvalue weighted by Gasteiger charge is -2.12. The van der Waals surface area contributed by atoms with Crippen molar-refractivity contribution in [2.45, 2.75) is 66.0 Å². The molecule has 37 heavy (non-hydrogen) atoms. The van der Waals surface area contributed by atoms with Gasteiger partial charge >= 0.3 is 0 Å². The number of carbonyl (C=O) groups excluding carboxylic acids is 1. The van der Waals surface area contributed by atoms with Crippen LogP contribution in [0.5, 0.6) is 0 Å². The Morgan fingerprint density at radius 3 is 2.43 bits per heavy atom. The summed E-state index contributed by atoms with van der Waals surface area (Å²) in [5.41, 5.74) is 10.4. The fourth-order valence-corrected chi connectivity index (χ4v) is 5.21. The van der Waals surface area contributed by atoms with E-state index in [-0.39, 0.29) is 11.9 Å². The number of benzene rings is 2. The minimum Gasteiger partial charge on any atom is -0.345 e. The largest absolute Gasteiger partial charge is 0.345 e. The van der Waals surface area contributed by atoms with Crippen molar-refractivity contribution in [2.24, 2.45) is 0 Å². The Morgan fingerprint density at radius 1 is 1.00 bits per heavy atom. The molecule has 0 saturated heterocycles. The number of nitrogens with zero attached hydrogens (tertiary/aromatic N) is 4. The molecule has 1 aliphatic heterocycles. The van der Waals surface area contributed by atoms with Crippen LogP contribution in [0.3, 0.4) is 0 Å². The van der Waals surface area contributed by atoms with Crippen LogP contribution in [0.4, 0.5) is 11.6 Å². The quantitative estimate of drug-likeness (QED) is 0.326. The molecule has 3 heterocycles. The molecule has 2 aromatic carbocycles. The number of aromatic nitrogens is 4. The highest BCUT2D eigenvalue weighted by Gasteiger charge is 2.27. The lowest BCUT2D eigenvalue weighted by atomic mass is 9.97. The highest BCUT2D eigenvalue weighted by atomic mass is 16.2. The molecule has 2 aliphatic rings. The van der Waals surface area contributed by atoms with E-state index in [0.29, 0.717) is 24.2 Å². The average Bonchev–Trinajstić information content (AvgIpc) is 3.60. The molecule has 1 unspecified atom stereocenters. The van der Waals surface area contributed by atoms with E-state index in [4.69, 9.17) is 15.1 Å². The van der Waals surface area contributed by atoms with Crippen molar-refractivity contribution in [1.82, 2.24) is 25.1 Å². The molecule has 1 amide bonds. The monoisotopic (exact) mass is 492 g/mol. The standard InChI is InChI=1S/C30H32N6O/c1-6-36-30(33-27-14-24-19(5)32-29(37)25(24)13-18(27)4)34-28(35-36)23-12-16(2)22(11-17(23)3)26-10-9-21(15-31-26)20-7-8-20/h9-15,19-20H,6-8H2,1-5H3,(H,32,37)(H,33,34,35). The number of aryl methyl sites for hydroxylation is 4. The van der Waals surface area contributed by atoms with Gasteiger partial charge in [0.1, 0.15) is 0 Å². The van der Waals surface area contributed by atoms with Crippen LogP contribution >= 0.6 is 0 Å². The fourth-order valence-electron chi connectivity index (χ4n) is 5.21. The first kappa shape index (κ1) is 23.4. The second kappa shape index (κ2) is 8.83. The summed E-state index contributed by atoms with van der Waals surface area (Å²) in [6.07, 6.45) is 4.60. The lowest BCUT2D eigenvalue weighted by Crippen LogP contribution is -2.16. The predicted octanol–water partition coefficient (Wildman–Crippen LogP) is 6.38. The molecule has 7 heteroatoms. The van der Waals surface area contributed by atoms with Crippen molar-refractivity contribution in [3.8, 4) is 22.6 Å². The zero-order chi connectivity index (χ0) is 25.8. The number of hydrogen-bond acceptors (Lipinski definition) is 5. The predicted molar refractivity (Wildman–Crippen MR) is 146 cm³/mol. The summed E-state index contributed by atoms with van der Waals surface area (Å²) >= 11 is 0. The highest BCUT2D eigenvalue weighted by Crippen LogP contribution is 2.40. The maximum atomic E-state index is 12.2. The van der Waals surface area contributed by atoms with Gasteiger partial charge in [-0.1, -0.05) is 6.07 Å². The summed E-state index contributed by atoms with van der Waals surface area (Å²) in [6, 6.07) is 12.7. The number of carbonyl (C=O) groups is 1. The van der Waals surface area contributed by atoms with Crippen LogP contribution in [0.15, 0.2) is 42.6 Å². The number of pyridine rings is 1. The van der Waals surface area contributed by atoms with E-state index in [1.54, 1.807) is 0 Å².